The Morgan fingerprint density at radius 3 is 2.00 bits per heavy atom. The lowest BCUT2D eigenvalue weighted by Crippen LogP contribution is -2.37. The van der Waals surface area contributed by atoms with Crippen molar-refractivity contribution in [2.24, 2.45) is 0 Å². The van der Waals surface area contributed by atoms with Gasteiger partial charge in [-0.25, -0.2) is 0 Å². The van der Waals surface area contributed by atoms with Gasteiger partial charge in [-0.2, -0.15) is 0 Å². The van der Waals surface area contributed by atoms with Crippen LogP contribution in [0.1, 0.15) is 11.1 Å². The molecule has 19 heavy (non-hydrogen) atoms. The van der Waals surface area contributed by atoms with Crippen molar-refractivity contribution in [3.8, 4) is 0 Å². The van der Waals surface area contributed by atoms with E-state index in [4.69, 9.17) is 0 Å². The lowest BCUT2D eigenvalue weighted by Gasteiger charge is -2.31. The van der Waals surface area contributed by atoms with Crippen LogP contribution in [-0.2, 0) is 11.8 Å². The molecule has 0 amide bonds. The van der Waals surface area contributed by atoms with Gasteiger partial charge in [-0.05, 0) is 23.6 Å². The first-order valence-corrected chi connectivity index (χ1v) is 7.02. The number of benzene rings is 2. The van der Waals surface area contributed by atoms with Crippen LogP contribution < -0.4 is 0 Å². The fourth-order valence-electron chi connectivity index (χ4n) is 2.31. The van der Waals surface area contributed by atoms with E-state index in [0.717, 1.165) is 15.6 Å². The molecule has 0 aliphatic heterocycles. The molecule has 2 aromatic rings. The fraction of sp³-hybridized carbons (Fsp3) is 0.250. The predicted octanol–water partition coefficient (Wildman–Crippen LogP) is 2.91. The van der Waals surface area contributed by atoms with Crippen molar-refractivity contribution in [2.45, 2.75) is 11.8 Å². The van der Waals surface area contributed by atoms with Gasteiger partial charge in [0.25, 0.3) is 0 Å². The molecule has 2 aromatic carbocycles. The summed E-state index contributed by atoms with van der Waals surface area (Å²) in [5.41, 5.74) is 1.37. The van der Waals surface area contributed by atoms with E-state index >= 15 is 0 Å². The number of hydrogen-bond acceptors (Lipinski definition) is 2. The lowest BCUT2D eigenvalue weighted by atomic mass is 9.77. The van der Waals surface area contributed by atoms with Crippen molar-refractivity contribution < 1.29 is 10.2 Å². The van der Waals surface area contributed by atoms with Gasteiger partial charge in [0.1, 0.15) is 0 Å². The zero-order chi connectivity index (χ0) is 13.7. The van der Waals surface area contributed by atoms with E-state index in [1.165, 1.54) is 0 Å². The number of aliphatic hydroxyl groups excluding tert-OH is 2. The van der Waals surface area contributed by atoms with Gasteiger partial charge in [-0.15, -0.1) is 0 Å². The normalized spacial score (nSPS) is 11.5. The summed E-state index contributed by atoms with van der Waals surface area (Å²) in [6.45, 7) is -0.192. The molecule has 3 heteroatoms. The third-order valence-corrected chi connectivity index (χ3v) is 4.13. The zero-order valence-electron chi connectivity index (χ0n) is 10.6. The molecule has 0 atom stereocenters. The summed E-state index contributed by atoms with van der Waals surface area (Å²) in [7, 11) is 0. The van der Waals surface area contributed by atoms with E-state index in [9.17, 15) is 10.2 Å². The molecular formula is C16H17BrO2. The van der Waals surface area contributed by atoms with Crippen molar-refractivity contribution in [2.75, 3.05) is 13.2 Å². The second-order valence-corrected chi connectivity index (χ2v) is 5.59. The monoisotopic (exact) mass is 320 g/mol. The molecule has 0 aliphatic carbocycles. The minimum atomic E-state index is -0.665. The molecule has 0 aromatic heterocycles. The molecule has 0 aliphatic rings. The average molecular weight is 321 g/mol. The van der Waals surface area contributed by atoms with Gasteiger partial charge in [0.2, 0.25) is 0 Å². The Hall–Kier alpha value is -1.16. The smallest absolute Gasteiger partial charge is 0.0553 e. The van der Waals surface area contributed by atoms with Crippen LogP contribution >= 0.6 is 15.9 Å². The first-order valence-electron chi connectivity index (χ1n) is 6.22. The van der Waals surface area contributed by atoms with E-state index < -0.39 is 5.41 Å². The van der Waals surface area contributed by atoms with Crippen LogP contribution in [0, 0.1) is 0 Å². The minimum absolute atomic E-state index is 0.0962. The first-order chi connectivity index (χ1) is 9.22. The maximum atomic E-state index is 9.83. The Bertz CT molecular complexity index is 521. The highest BCUT2D eigenvalue weighted by Gasteiger charge is 2.32. The highest BCUT2D eigenvalue weighted by atomic mass is 79.9. The highest BCUT2D eigenvalue weighted by molar-refractivity contribution is 9.10. The third kappa shape index (κ3) is 3.06. The maximum Gasteiger partial charge on any atom is 0.0553 e. The SMILES string of the molecule is OCC(CO)(Cc1ccccc1)c1ccccc1Br. The zero-order valence-corrected chi connectivity index (χ0v) is 12.2. The molecule has 0 unspecified atom stereocenters. The van der Waals surface area contributed by atoms with Crippen molar-refractivity contribution in [1.29, 1.82) is 0 Å². The Kier molecular flexibility index (Phi) is 4.75. The van der Waals surface area contributed by atoms with Gasteiger partial charge < -0.3 is 10.2 Å². The topological polar surface area (TPSA) is 40.5 Å². The van der Waals surface area contributed by atoms with Crippen LogP contribution in [0.5, 0.6) is 0 Å². The van der Waals surface area contributed by atoms with E-state index in [2.05, 4.69) is 15.9 Å². The van der Waals surface area contributed by atoms with Gasteiger partial charge in [-0.3, -0.25) is 0 Å². The second-order valence-electron chi connectivity index (χ2n) is 4.74. The second kappa shape index (κ2) is 6.33. The van der Waals surface area contributed by atoms with Gasteiger partial charge in [0.05, 0.1) is 13.2 Å². The molecule has 0 saturated heterocycles. The maximum absolute atomic E-state index is 9.83. The standard InChI is InChI=1S/C16H17BrO2/c17-15-9-5-4-8-14(15)16(11-18,12-19)10-13-6-2-1-3-7-13/h1-9,18-19H,10-12H2. The Morgan fingerprint density at radius 1 is 0.842 bits per heavy atom. The summed E-state index contributed by atoms with van der Waals surface area (Å²) in [6, 6.07) is 17.6. The van der Waals surface area contributed by atoms with Gasteiger partial charge in [-0.1, -0.05) is 64.5 Å². The fourth-order valence-corrected chi connectivity index (χ4v) is 3.01. The Labute approximate surface area is 121 Å². The van der Waals surface area contributed by atoms with Crippen molar-refractivity contribution >= 4 is 15.9 Å². The third-order valence-electron chi connectivity index (χ3n) is 3.44. The summed E-state index contributed by atoms with van der Waals surface area (Å²) < 4.78 is 0.911. The van der Waals surface area contributed by atoms with Gasteiger partial charge >= 0.3 is 0 Å². The van der Waals surface area contributed by atoms with Crippen LogP contribution in [-0.4, -0.2) is 23.4 Å². The van der Waals surface area contributed by atoms with Gasteiger partial charge in [0, 0.05) is 9.89 Å². The molecule has 2 N–H and O–H groups in total. The molecule has 0 spiro atoms. The van der Waals surface area contributed by atoms with Crippen molar-refractivity contribution in [3.05, 3.63) is 70.2 Å². The van der Waals surface area contributed by atoms with E-state index in [1.54, 1.807) is 0 Å². The molecule has 0 fully saturated rings. The van der Waals surface area contributed by atoms with E-state index in [1.807, 2.05) is 54.6 Å². The van der Waals surface area contributed by atoms with E-state index in [0.29, 0.717) is 6.42 Å². The minimum Gasteiger partial charge on any atom is -0.395 e. The van der Waals surface area contributed by atoms with Crippen LogP contribution in [0.3, 0.4) is 0 Å². The van der Waals surface area contributed by atoms with Crippen LogP contribution in [0.15, 0.2) is 59.1 Å². The largest absolute Gasteiger partial charge is 0.395 e. The number of hydrogen-bond donors (Lipinski definition) is 2. The van der Waals surface area contributed by atoms with Crippen LogP contribution in [0.4, 0.5) is 0 Å². The molecular weight excluding hydrogens is 304 g/mol. The highest BCUT2D eigenvalue weighted by Crippen LogP contribution is 2.33. The van der Waals surface area contributed by atoms with E-state index in [-0.39, 0.29) is 13.2 Å². The van der Waals surface area contributed by atoms with Gasteiger partial charge in [0.15, 0.2) is 0 Å². The summed E-state index contributed by atoms with van der Waals surface area (Å²) in [6.07, 6.45) is 0.601. The van der Waals surface area contributed by atoms with Crippen molar-refractivity contribution in [3.63, 3.8) is 0 Å². The molecule has 2 nitrogen and oxygen atoms in total. The van der Waals surface area contributed by atoms with Crippen LogP contribution in [0.25, 0.3) is 0 Å². The molecule has 0 bridgehead atoms. The number of rotatable bonds is 5. The summed E-state index contributed by atoms with van der Waals surface area (Å²) in [5, 5.41) is 19.7. The van der Waals surface area contributed by atoms with Crippen molar-refractivity contribution in [1.82, 2.24) is 0 Å². The molecule has 0 radical (unpaired) electrons. The lowest BCUT2D eigenvalue weighted by molar-refractivity contribution is 0.115. The summed E-state index contributed by atoms with van der Waals surface area (Å²) in [4.78, 5) is 0. The quantitative estimate of drug-likeness (QED) is 0.889. The van der Waals surface area contributed by atoms with Crippen LogP contribution in [0.2, 0.25) is 0 Å². The average Bonchev–Trinajstić information content (AvgIpc) is 2.47. The summed E-state index contributed by atoms with van der Waals surface area (Å²) in [5.74, 6) is 0. The Morgan fingerprint density at radius 2 is 1.42 bits per heavy atom. The first kappa shape index (κ1) is 14.3. The molecule has 0 heterocycles. The number of aliphatic hydroxyl groups is 2. The predicted molar refractivity (Wildman–Crippen MR) is 80.1 cm³/mol. The molecule has 2 rings (SSSR count). The molecule has 100 valence electrons. The molecule has 0 saturated carbocycles. The summed E-state index contributed by atoms with van der Waals surface area (Å²) >= 11 is 3.50. The number of halogens is 1. The Balaban J connectivity index is 2.41.